The molecule has 0 amide bonds. The van der Waals surface area contributed by atoms with Crippen LogP contribution in [0.2, 0.25) is 10.0 Å². The molecule has 9 heteroatoms. The number of piperazine rings is 1. The zero-order chi connectivity index (χ0) is 22.8. The van der Waals surface area contributed by atoms with Gasteiger partial charge in [-0.2, -0.15) is 0 Å². The highest BCUT2D eigenvalue weighted by Gasteiger charge is 2.17. The normalized spacial score (nSPS) is 18.2. The largest absolute Gasteiger partial charge is 0.369 e. The number of hydrogen-bond acceptors (Lipinski definition) is 4. The molecule has 168 valence electrons. The first kappa shape index (κ1) is 22.6. The van der Waals surface area contributed by atoms with Gasteiger partial charge in [-0.1, -0.05) is 29.3 Å². The average molecular weight is 473 g/mol. The summed E-state index contributed by atoms with van der Waals surface area (Å²) in [5.74, 6) is 0.472. The quantitative estimate of drug-likeness (QED) is 0.445. The van der Waals surface area contributed by atoms with Crippen molar-refractivity contribution in [1.82, 2.24) is 19.8 Å². The van der Waals surface area contributed by atoms with Crippen molar-refractivity contribution in [3.63, 3.8) is 0 Å². The van der Waals surface area contributed by atoms with E-state index in [0.29, 0.717) is 45.1 Å². The molecule has 0 aliphatic carbocycles. The van der Waals surface area contributed by atoms with Gasteiger partial charge >= 0.3 is 0 Å². The van der Waals surface area contributed by atoms with Crippen molar-refractivity contribution < 1.29 is 0 Å². The van der Waals surface area contributed by atoms with E-state index in [1.165, 1.54) is 0 Å². The number of benzene rings is 2. The van der Waals surface area contributed by atoms with E-state index in [9.17, 15) is 4.79 Å². The molecule has 1 aliphatic rings. The monoisotopic (exact) mass is 472 g/mol. The van der Waals surface area contributed by atoms with Crippen molar-refractivity contribution in [1.29, 1.82) is 0 Å². The molecule has 3 N–H and O–H groups in total. The van der Waals surface area contributed by atoms with E-state index in [4.69, 9.17) is 28.9 Å². The van der Waals surface area contributed by atoms with E-state index in [1.54, 1.807) is 41.2 Å². The second-order valence-corrected chi connectivity index (χ2v) is 9.06. The molecule has 2 heterocycles. The number of nitrogens with zero attached hydrogens (tertiary/aromatic N) is 4. The lowest BCUT2D eigenvalue weighted by molar-refractivity contribution is 0.301. The van der Waals surface area contributed by atoms with Crippen LogP contribution in [0.4, 0.5) is 5.69 Å². The van der Waals surface area contributed by atoms with Gasteiger partial charge in [0.1, 0.15) is 0 Å². The lowest BCUT2D eigenvalue weighted by Crippen LogP contribution is -2.53. The van der Waals surface area contributed by atoms with Gasteiger partial charge in [0.25, 0.3) is 5.56 Å². The minimum atomic E-state index is -0.124. The van der Waals surface area contributed by atoms with Crippen molar-refractivity contribution >= 4 is 45.8 Å². The lowest BCUT2D eigenvalue weighted by Gasteiger charge is -2.32. The van der Waals surface area contributed by atoms with Crippen LogP contribution >= 0.6 is 23.2 Å². The molecule has 1 fully saturated rings. The predicted molar refractivity (Wildman–Crippen MR) is 131 cm³/mol. The highest BCUT2D eigenvalue weighted by Crippen LogP contribution is 2.25. The molecule has 0 bridgehead atoms. The van der Waals surface area contributed by atoms with Crippen molar-refractivity contribution in [2.75, 3.05) is 19.6 Å². The molecule has 0 radical (unpaired) electrons. The first-order chi connectivity index (χ1) is 15.3. The Hall–Kier alpha value is -2.61. The van der Waals surface area contributed by atoms with Crippen molar-refractivity contribution in [2.45, 2.75) is 32.4 Å². The molecule has 1 aliphatic heterocycles. The van der Waals surface area contributed by atoms with Crippen molar-refractivity contribution in [3.05, 3.63) is 68.7 Å². The molecule has 0 spiro atoms. The minimum absolute atomic E-state index is 0.105. The molecule has 1 saturated heterocycles. The predicted octanol–water partition coefficient (Wildman–Crippen LogP) is 3.75. The summed E-state index contributed by atoms with van der Waals surface area (Å²) in [6.07, 6.45) is 2.17. The Bertz CT molecular complexity index is 1220. The van der Waals surface area contributed by atoms with Crippen LogP contribution in [0.3, 0.4) is 0 Å². The average Bonchev–Trinajstić information content (AvgIpc) is 2.76. The third-order valence-corrected chi connectivity index (χ3v) is 6.30. The van der Waals surface area contributed by atoms with Gasteiger partial charge in [0.05, 0.1) is 22.9 Å². The molecule has 2 atom stereocenters. The second kappa shape index (κ2) is 9.48. The van der Waals surface area contributed by atoms with Gasteiger partial charge in [-0.05, 0) is 56.2 Å². The van der Waals surface area contributed by atoms with Crippen LogP contribution in [0, 0.1) is 0 Å². The smallest absolute Gasteiger partial charge is 0.261 e. The van der Waals surface area contributed by atoms with Crippen LogP contribution < -0.4 is 16.6 Å². The maximum Gasteiger partial charge on any atom is 0.261 e. The molecule has 32 heavy (non-hydrogen) atoms. The fourth-order valence-electron chi connectivity index (χ4n) is 3.95. The van der Waals surface area contributed by atoms with Gasteiger partial charge in [-0.15, -0.1) is 0 Å². The van der Waals surface area contributed by atoms with E-state index in [2.05, 4.69) is 27.1 Å². The zero-order valence-electron chi connectivity index (χ0n) is 18.1. The third kappa shape index (κ3) is 4.90. The molecule has 1 aromatic heterocycles. The first-order valence-electron chi connectivity index (χ1n) is 10.6. The Morgan fingerprint density at radius 3 is 2.88 bits per heavy atom. The number of aromatic nitrogens is 2. The highest BCUT2D eigenvalue weighted by molar-refractivity contribution is 6.35. The molecular weight excluding hydrogens is 447 g/mol. The fraction of sp³-hybridized carbons (Fsp3) is 0.348. The van der Waals surface area contributed by atoms with Crippen molar-refractivity contribution in [3.8, 4) is 0 Å². The van der Waals surface area contributed by atoms with Crippen LogP contribution in [0.5, 0.6) is 0 Å². The number of nitrogens with two attached hydrogens (primary N) is 1. The molecule has 2 aromatic carbocycles. The van der Waals surface area contributed by atoms with E-state index >= 15 is 0 Å². The van der Waals surface area contributed by atoms with Gasteiger partial charge in [-0.3, -0.25) is 9.36 Å². The van der Waals surface area contributed by atoms with Gasteiger partial charge in [0, 0.05) is 41.8 Å². The number of guanidine groups is 1. The second-order valence-electron chi connectivity index (χ2n) is 8.22. The van der Waals surface area contributed by atoms with Gasteiger partial charge < -0.3 is 16.0 Å². The summed E-state index contributed by atoms with van der Waals surface area (Å²) in [6, 6.07) is 11.0. The number of aliphatic imine (C=N–C) groups is 1. The molecule has 0 saturated carbocycles. The summed E-state index contributed by atoms with van der Waals surface area (Å²) in [5, 5.41) is 5.09. The Labute approximate surface area is 196 Å². The van der Waals surface area contributed by atoms with Gasteiger partial charge in [0.2, 0.25) is 0 Å². The topological polar surface area (TPSA) is 88.5 Å². The molecule has 3 aromatic rings. The summed E-state index contributed by atoms with van der Waals surface area (Å²) in [4.78, 5) is 24.2. The summed E-state index contributed by atoms with van der Waals surface area (Å²) in [7, 11) is 0. The third-order valence-electron chi connectivity index (χ3n) is 5.71. The number of halogens is 2. The lowest BCUT2D eigenvalue weighted by atomic mass is 10.1. The van der Waals surface area contributed by atoms with E-state index in [0.717, 1.165) is 25.2 Å². The molecule has 0 unspecified atom stereocenters. The maximum absolute atomic E-state index is 13.1. The Morgan fingerprint density at radius 1 is 1.31 bits per heavy atom. The van der Waals surface area contributed by atoms with Crippen LogP contribution in [0.25, 0.3) is 10.9 Å². The highest BCUT2D eigenvalue weighted by atomic mass is 35.5. The minimum Gasteiger partial charge on any atom is -0.369 e. The van der Waals surface area contributed by atoms with Gasteiger partial charge in [-0.25, -0.2) is 9.98 Å². The zero-order valence-corrected chi connectivity index (χ0v) is 19.6. The van der Waals surface area contributed by atoms with E-state index in [-0.39, 0.29) is 11.6 Å². The molecular formula is C23H26Cl2N6O. The SMILES string of the molecule is C[C@H](Cc1ccc(Cl)cc1Cl)n1cnc2cc(N=C(N)N3CCN[C@@H](C)C3)ccc2c1=O. The number of fused-ring (bicyclic) bond motifs is 1. The molecule has 7 nitrogen and oxygen atoms in total. The first-order valence-corrected chi connectivity index (χ1v) is 11.3. The fourth-order valence-corrected chi connectivity index (χ4v) is 4.44. The number of rotatable bonds is 4. The van der Waals surface area contributed by atoms with E-state index in [1.807, 2.05) is 13.0 Å². The summed E-state index contributed by atoms with van der Waals surface area (Å²) >= 11 is 12.3. The van der Waals surface area contributed by atoms with E-state index < -0.39 is 0 Å². The molecule has 4 rings (SSSR count). The number of hydrogen-bond donors (Lipinski definition) is 2. The Morgan fingerprint density at radius 2 is 2.12 bits per heavy atom. The Balaban J connectivity index is 1.58. The number of nitrogens with one attached hydrogen (secondary N) is 1. The van der Waals surface area contributed by atoms with Crippen LogP contribution in [-0.2, 0) is 6.42 Å². The van der Waals surface area contributed by atoms with Crippen molar-refractivity contribution in [2.24, 2.45) is 10.7 Å². The van der Waals surface area contributed by atoms with Crippen LogP contribution in [0.15, 0.2) is 52.5 Å². The summed E-state index contributed by atoms with van der Waals surface area (Å²) in [6.45, 7) is 6.57. The van der Waals surface area contributed by atoms with Gasteiger partial charge in [0.15, 0.2) is 5.96 Å². The van der Waals surface area contributed by atoms with Crippen LogP contribution in [-0.4, -0.2) is 46.1 Å². The Kier molecular flexibility index (Phi) is 6.69. The maximum atomic E-state index is 13.1. The standard InChI is InChI=1S/C23H26Cl2N6O/c1-14-12-30(8-7-27-14)23(26)29-18-5-6-19-21(11-18)28-13-31(22(19)32)15(2)9-16-3-4-17(24)10-20(16)25/h3-6,10-11,13-15,27H,7-9,12H2,1-2H3,(H2,26,29)/t14-,15+/m0/s1. The summed E-state index contributed by atoms with van der Waals surface area (Å²) in [5.41, 5.74) is 8.30. The summed E-state index contributed by atoms with van der Waals surface area (Å²) < 4.78 is 1.63. The van der Waals surface area contributed by atoms with Crippen LogP contribution in [0.1, 0.15) is 25.5 Å².